The third kappa shape index (κ3) is 6.14. The van der Waals surface area contributed by atoms with Crippen molar-refractivity contribution in [3.05, 3.63) is 47.2 Å². The molecule has 2 fully saturated rings. The van der Waals surface area contributed by atoms with Crippen LogP contribution in [0.1, 0.15) is 50.9 Å². The van der Waals surface area contributed by atoms with Crippen LogP contribution in [0.2, 0.25) is 6.32 Å². The van der Waals surface area contributed by atoms with Crippen molar-refractivity contribution in [2.75, 3.05) is 36.6 Å². The van der Waals surface area contributed by atoms with Crippen molar-refractivity contribution >= 4 is 25.1 Å². The second kappa shape index (κ2) is 10.4. The molecule has 2 saturated heterocycles. The number of hydrogen-bond acceptors (Lipinski definition) is 8. The molecule has 1 N–H and O–H groups in total. The van der Waals surface area contributed by atoms with Crippen molar-refractivity contribution in [2.24, 2.45) is 5.10 Å². The van der Waals surface area contributed by atoms with Gasteiger partial charge in [-0.2, -0.15) is 10.1 Å². The molecule has 0 aliphatic carbocycles. The van der Waals surface area contributed by atoms with Gasteiger partial charge in [0.05, 0.1) is 30.6 Å². The Morgan fingerprint density at radius 1 is 1.09 bits per heavy atom. The van der Waals surface area contributed by atoms with Crippen LogP contribution in [-0.2, 0) is 20.5 Å². The van der Waals surface area contributed by atoms with Crippen molar-refractivity contribution in [2.45, 2.75) is 65.0 Å². The van der Waals surface area contributed by atoms with Crippen LogP contribution in [0.25, 0.3) is 0 Å². The summed E-state index contributed by atoms with van der Waals surface area (Å²) in [5.41, 5.74) is 5.61. The topological polar surface area (TPSA) is 81.1 Å². The lowest BCUT2D eigenvalue weighted by Crippen LogP contribution is -2.41. The number of anilines is 2. The largest absolute Gasteiger partial charge is 0.457 e. The summed E-state index contributed by atoms with van der Waals surface area (Å²) < 4.78 is 17.8. The lowest BCUT2D eigenvalue weighted by atomic mass is 9.82. The monoisotopic (exact) mass is 465 g/mol. The van der Waals surface area contributed by atoms with E-state index in [2.05, 4.69) is 68.2 Å². The van der Waals surface area contributed by atoms with E-state index < -0.39 is 0 Å². The summed E-state index contributed by atoms with van der Waals surface area (Å²) in [6.07, 6.45) is 4.32. The van der Waals surface area contributed by atoms with Crippen molar-refractivity contribution in [1.82, 2.24) is 9.97 Å². The molecule has 0 atom stereocenters. The Balaban J connectivity index is 1.43. The van der Waals surface area contributed by atoms with E-state index in [9.17, 15) is 0 Å². The van der Waals surface area contributed by atoms with E-state index in [1.165, 1.54) is 5.56 Å². The molecule has 0 spiro atoms. The Kier molecular flexibility index (Phi) is 7.55. The molecule has 2 aliphatic rings. The highest BCUT2D eigenvalue weighted by atomic mass is 16.7. The van der Waals surface area contributed by atoms with E-state index in [-0.39, 0.29) is 18.3 Å². The number of aryl methyl sites for hydroxylation is 2. The number of hydrogen-bond donors (Lipinski definition) is 1. The van der Waals surface area contributed by atoms with Crippen molar-refractivity contribution in [3.8, 4) is 0 Å². The minimum Gasteiger partial charge on any atom is -0.403 e. The van der Waals surface area contributed by atoms with Gasteiger partial charge in [-0.1, -0.05) is 29.8 Å². The highest BCUT2D eigenvalue weighted by Gasteiger charge is 2.50. The maximum absolute atomic E-state index is 6.14. The van der Waals surface area contributed by atoms with Gasteiger partial charge in [0, 0.05) is 24.8 Å². The fraction of sp³-hybridized carbons (Fsp3) is 0.560. The SMILES string of the molecule is Cc1cccc(/C=N/Nc2nc(CCCB3OC(C)(C)C(C)(C)O3)cc(N3CCOCC3)n2)c1. The molecule has 182 valence electrons. The van der Waals surface area contributed by atoms with E-state index >= 15 is 0 Å². The Hall–Kier alpha value is -2.49. The quantitative estimate of drug-likeness (QED) is 0.357. The number of rotatable bonds is 8. The third-order valence-corrected chi connectivity index (χ3v) is 6.70. The van der Waals surface area contributed by atoms with E-state index in [0.29, 0.717) is 19.2 Å². The fourth-order valence-corrected chi connectivity index (χ4v) is 4.06. The summed E-state index contributed by atoms with van der Waals surface area (Å²) in [6.45, 7) is 13.4. The van der Waals surface area contributed by atoms with Gasteiger partial charge >= 0.3 is 7.12 Å². The molecule has 0 amide bonds. The van der Waals surface area contributed by atoms with E-state index in [4.69, 9.17) is 24.0 Å². The van der Waals surface area contributed by atoms with Gasteiger partial charge in [-0.25, -0.2) is 10.4 Å². The molecule has 4 rings (SSSR count). The van der Waals surface area contributed by atoms with Crippen LogP contribution >= 0.6 is 0 Å². The third-order valence-electron chi connectivity index (χ3n) is 6.70. The zero-order valence-corrected chi connectivity index (χ0v) is 21.0. The zero-order valence-electron chi connectivity index (χ0n) is 21.0. The van der Waals surface area contributed by atoms with Crippen LogP contribution in [0.3, 0.4) is 0 Å². The van der Waals surface area contributed by atoms with E-state index in [1.54, 1.807) is 6.21 Å². The number of nitrogens with zero attached hydrogens (tertiary/aromatic N) is 4. The number of nitrogens with one attached hydrogen (secondary N) is 1. The average molecular weight is 465 g/mol. The number of morpholine rings is 1. The number of aromatic nitrogens is 2. The normalized spacial score (nSPS) is 19.7. The molecule has 2 aliphatic heterocycles. The molecular formula is C25H36BN5O3. The fourth-order valence-electron chi connectivity index (χ4n) is 4.06. The predicted molar refractivity (Wildman–Crippen MR) is 137 cm³/mol. The van der Waals surface area contributed by atoms with Crippen LogP contribution in [0.15, 0.2) is 35.4 Å². The molecular weight excluding hydrogens is 429 g/mol. The first-order valence-electron chi connectivity index (χ1n) is 12.1. The molecule has 8 nitrogen and oxygen atoms in total. The molecule has 0 saturated carbocycles. The number of hydrazone groups is 1. The molecule has 3 heterocycles. The van der Waals surface area contributed by atoms with Crippen molar-refractivity contribution < 1.29 is 14.0 Å². The summed E-state index contributed by atoms with van der Waals surface area (Å²) in [4.78, 5) is 11.7. The first kappa shape index (κ1) is 24.6. The Morgan fingerprint density at radius 2 is 1.82 bits per heavy atom. The van der Waals surface area contributed by atoms with Gasteiger partial charge in [0.25, 0.3) is 0 Å². The summed E-state index contributed by atoms with van der Waals surface area (Å²) >= 11 is 0. The highest BCUT2D eigenvalue weighted by Crippen LogP contribution is 2.38. The van der Waals surface area contributed by atoms with E-state index in [1.807, 2.05) is 12.1 Å². The molecule has 1 aromatic heterocycles. The number of ether oxygens (including phenoxy) is 1. The van der Waals surface area contributed by atoms with Crippen molar-refractivity contribution in [1.29, 1.82) is 0 Å². The summed E-state index contributed by atoms with van der Waals surface area (Å²) in [5, 5.41) is 4.37. The van der Waals surface area contributed by atoms with Gasteiger partial charge in [-0.15, -0.1) is 0 Å². The maximum Gasteiger partial charge on any atom is 0.457 e. The van der Waals surface area contributed by atoms with Crippen LogP contribution < -0.4 is 10.3 Å². The Morgan fingerprint density at radius 3 is 2.53 bits per heavy atom. The number of benzene rings is 1. The van der Waals surface area contributed by atoms with Gasteiger partial charge in [0.2, 0.25) is 5.95 Å². The predicted octanol–water partition coefficient (Wildman–Crippen LogP) is 4.09. The molecule has 0 radical (unpaired) electrons. The van der Waals surface area contributed by atoms with Gasteiger partial charge in [0.1, 0.15) is 5.82 Å². The first-order valence-corrected chi connectivity index (χ1v) is 12.1. The maximum atomic E-state index is 6.14. The summed E-state index contributed by atoms with van der Waals surface area (Å²) in [5.74, 6) is 1.40. The molecule has 0 bridgehead atoms. The van der Waals surface area contributed by atoms with Crippen molar-refractivity contribution in [3.63, 3.8) is 0 Å². The van der Waals surface area contributed by atoms with Crippen LogP contribution in [0.4, 0.5) is 11.8 Å². The molecule has 2 aromatic rings. The smallest absolute Gasteiger partial charge is 0.403 e. The molecule has 9 heteroatoms. The molecule has 0 unspecified atom stereocenters. The Labute approximate surface area is 203 Å². The second-order valence-electron chi connectivity index (χ2n) is 10.0. The molecule has 34 heavy (non-hydrogen) atoms. The highest BCUT2D eigenvalue weighted by molar-refractivity contribution is 6.45. The summed E-state index contributed by atoms with van der Waals surface area (Å²) in [6, 6.07) is 10.3. The minimum atomic E-state index is -0.303. The van der Waals surface area contributed by atoms with E-state index in [0.717, 1.165) is 49.3 Å². The van der Waals surface area contributed by atoms with Gasteiger partial charge < -0.3 is 18.9 Å². The van der Waals surface area contributed by atoms with Gasteiger partial charge in [-0.05, 0) is 59.3 Å². The lowest BCUT2D eigenvalue weighted by Gasteiger charge is -2.32. The standard InChI is InChI=1S/C25H36BN5O3/c1-19-8-6-9-20(16-19)18-27-30-23-28-21(17-22(29-23)31-12-14-32-15-13-31)10-7-11-26-33-24(2,3)25(4,5)34-26/h6,8-9,16-18H,7,10-15H2,1-5H3,(H,28,29,30)/b27-18+. The van der Waals surface area contributed by atoms with Crippen LogP contribution in [0.5, 0.6) is 0 Å². The summed E-state index contributed by atoms with van der Waals surface area (Å²) in [7, 11) is -0.193. The Bertz CT molecular complexity index is 992. The molecule has 1 aromatic carbocycles. The van der Waals surface area contributed by atoms with Gasteiger partial charge in [-0.3, -0.25) is 0 Å². The minimum absolute atomic E-state index is 0.193. The van der Waals surface area contributed by atoms with Gasteiger partial charge in [0.15, 0.2) is 0 Å². The van der Waals surface area contributed by atoms with Crippen LogP contribution in [-0.4, -0.2) is 60.8 Å². The average Bonchev–Trinajstić information content (AvgIpc) is 3.00. The zero-order chi connectivity index (χ0) is 24.2. The van der Waals surface area contributed by atoms with Crippen LogP contribution in [0, 0.1) is 6.92 Å². The second-order valence-corrected chi connectivity index (χ2v) is 10.0. The first-order chi connectivity index (χ1) is 16.2. The lowest BCUT2D eigenvalue weighted by molar-refractivity contribution is 0.00578.